The molecule has 0 saturated carbocycles. The molecule has 0 unspecified atom stereocenters. The predicted molar refractivity (Wildman–Crippen MR) is 138 cm³/mol. The molecule has 4 aromatic rings. The third-order valence-electron chi connectivity index (χ3n) is 5.73. The third kappa shape index (κ3) is 6.19. The fraction of sp³-hybridized carbons (Fsp3) is 0.250. The van der Waals surface area contributed by atoms with Gasteiger partial charge in [0.25, 0.3) is 5.56 Å². The normalized spacial score (nSPS) is 10.7. The van der Waals surface area contributed by atoms with Crippen molar-refractivity contribution in [1.29, 1.82) is 0 Å². The van der Waals surface area contributed by atoms with Crippen LogP contribution >= 0.6 is 0 Å². The molecule has 0 fully saturated rings. The number of rotatable bonds is 11. The minimum atomic E-state index is -0.550. The van der Waals surface area contributed by atoms with E-state index in [1.54, 1.807) is 63.8 Å². The minimum Gasteiger partial charge on any atom is -0.497 e. The zero-order valence-electron chi connectivity index (χ0n) is 20.9. The van der Waals surface area contributed by atoms with E-state index in [1.165, 1.54) is 4.57 Å². The maximum Gasteiger partial charge on any atom is 0.344 e. The lowest BCUT2D eigenvalue weighted by molar-refractivity contribution is -0.146. The van der Waals surface area contributed by atoms with Crippen LogP contribution in [0.3, 0.4) is 0 Å². The molecule has 0 radical (unpaired) electrons. The fourth-order valence-corrected chi connectivity index (χ4v) is 3.88. The van der Waals surface area contributed by atoms with Gasteiger partial charge in [0.15, 0.2) is 18.1 Å². The van der Waals surface area contributed by atoms with E-state index in [0.29, 0.717) is 46.1 Å². The molecule has 0 aliphatic rings. The Kier molecular flexibility index (Phi) is 8.25. The Morgan fingerprint density at radius 2 is 1.65 bits per heavy atom. The van der Waals surface area contributed by atoms with E-state index in [4.69, 9.17) is 28.7 Å². The van der Waals surface area contributed by atoms with Gasteiger partial charge in [0.1, 0.15) is 23.9 Å². The highest BCUT2D eigenvalue weighted by atomic mass is 16.6. The lowest BCUT2D eigenvalue weighted by Gasteiger charge is -2.15. The van der Waals surface area contributed by atoms with Crippen molar-refractivity contribution in [2.24, 2.45) is 0 Å². The Balaban J connectivity index is 1.49. The number of methoxy groups -OCH3 is 3. The number of ether oxygens (including phenoxy) is 5. The number of benzene rings is 3. The van der Waals surface area contributed by atoms with Crippen LogP contribution in [0, 0.1) is 0 Å². The average Bonchev–Trinajstić information content (AvgIpc) is 2.93. The topological polar surface area (TPSA) is 98.1 Å². The van der Waals surface area contributed by atoms with E-state index < -0.39 is 5.97 Å². The molecule has 3 aromatic carbocycles. The highest BCUT2D eigenvalue weighted by molar-refractivity contribution is 5.77. The first-order valence-corrected chi connectivity index (χ1v) is 11.6. The Labute approximate surface area is 214 Å². The molecule has 0 N–H and O–H groups in total. The standard InChI is InChI=1S/C28H28N2O7/c1-33-20-7-6-8-21(17-20)37-18-27(31)36-14-13-30-26(29-23-10-5-4-9-22(23)28(30)32)16-19-11-12-24(34-2)25(15-19)35-3/h4-12,15,17H,13-14,16,18H2,1-3H3. The van der Waals surface area contributed by atoms with Gasteiger partial charge in [-0.25, -0.2) is 9.78 Å². The van der Waals surface area contributed by atoms with Gasteiger partial charge < -0.3 is 23.7 Å². The summed E-state index contributed by atoms with van der Waals surface area (Å²) in [6.45, 7) is -0.139. The van der Waals surface area contributed by atoms with Crippen molar-refractivity contribution in [2.75, 3.05) is 34.5 Å². The van der Waals surface area contributed by atoms with Gasteiger partial charge in [-0.3, -0.25) is 9.36 Å². The third-order valence-corrected chi connectivity index (χ3v) is 5.73. The zero-order chi connectivity index (χ0) is 26.2. The van der Waals surface area contributed by atoms with Crippen molar-refractivity contribution in [1.82, 2.24) is 9.55 Å². The quantitative estimate of drug-likeness (QED) is 0.286. The zero-order valence-corrected chi connectivity index (χ0v) is 20.9. The summed E-state index contributed by atoms with van der Waals surface area (Å²) in [7, 11) is 4.69. The van der Waals surface area contributed by atoms with Gasteiger partial charge in [-0.05, 0) is 42.0 Å². The van der Waals surface area contributed by atoms with Crippen molar-refractivity contribution in [2.45, 2.75) is 13.0 Å². The largest absolute Gasteiger partial charge is 0.497 e. The first-order valence-electron chi connectivity index (χ1n) is 11.6. The second kappa shape index (κ2) is 11.9. The lowest BCUT2D eigenvalue weighted by atomic mass is 10.1. The fourth-order valence-electron chi connectivity index (χ4n) is 3.88. The summed E-state index contributed by atoms with van der Waals surface area (Å²) < 4.78 is 28.2. The molecule has 9 nitrogen and oxygen atoms in total. The Morgan fingerprint density at radius 3 is 2.43 bits per heavy atom. The molecule has 1 heterocycles. The van der Waals surface area contributed by atoms with Gasteiger partial charge in [0.05, 0.1) is 38.8 Å². The molecule has 0 atom stereocenters. The highest BCUT2D eigenvalue weighted by Crippen LogP contribution is 2.28. The summed E-state index contributed by atoms with van der Waals surface area (Å²) >= 11 is 0. The summed E-state index contributed by atoms with van der Waals surface area (Å²) in [6, 6.07) is 19.6. The van der Waals surface area contributed by atoms with Gasteiger partial charge in [-0.1, -0.05) is 24.3 Å². The van der Waals surface area contributed by atoms with E-state index >= 15 is 0 Å². The molecule has 0 saturated heterocycles. The van der Waals surface area contributed by atoms with Gasteiger partial charge in [-0.2, -0.15) is 0 Å². The number of aromatic nitrogens is 2. The van der Waals surface area contributed by atoms with Gasteiger partial charge in [-0.15, -0.1) is 0 Å². The van der Waals surface area contributed by atoms with Gasteiger partial charge >= 0.3 is 5.97 Å². The van der Waals surface area contributed by atoms with Crippen molar-refractivity contribution in [3.63, 3.8) is 0 Å². The summed E-state index contributed by atoms with van der Waals surface area (Å²) in [4.78, 5) is 30.3. The molecule has 0 amide bonds. The van der Waals surface area contributed by atoms with E-state index in [0.717, 1.165) is 5.56 Å². The Hall–Kier alpha value is -4.53. The van der Waals surface area contributed by atoms with Crippen LogP contribution in [0.2, 0.25) is 0 Å². The maximum atomic E-state index is 13.3. The molecule has 4 rings (SSSR count). The molecule has 0 aliphatic carbocycles. The van der Waals surface area contributed by atoms with Crippen LogP contribution < -0.4 is 24.5 Å². The molecule has 0 bridgehead atoms. The average molecular weight is 505 g/mol. The van der Waals surface area contributed by atoms with Crippen molar-refractivity contribution < 1.29 is 28.5 Å². The van der Waals surface area contributed by atoms with Crippen LogP contribution in [0.4, 0.5) is 0 Å². The molecule has 37 heavy (non-hydrogen) atoms. The first kappa shape index (κ1) is 25.6. The number of nitrogens with zero attached hydrogens (tertiary/aromatic N) is 2. The minimum absolute atomic E-state index is 0.0147. The number of carbonyl (C=O) groups is 1. The van der Waals surface area contributed by atoms with Crippen molar-refractivity contribution in [3.05, 3.63) is 88.5 Å². The summed E-state index contributed by atoms with van der Waals surface area (Å²) in [5.74, 6) is 2.29. The van der Waals surface area contributed by atoms with Crippen LogP contribution in [0.15, 0.2) is 71.5 Å². The first-order chi connectivity index (χ1) is 18.0. The van der Waals surface area contributed by atoms with Gasteiger partial charge in [0, 0.05) is 12.5 Å². The van der Waals surface area contributed by atoms with E-state index in [-0.39, 0.29) is 25.3 Å². The van der Waals surface area contributed by atoms with E-state index in [2.05, 4.69) is 0 Å². The molecule has 192 valence electrons. The van der Waals surface area contributed by atoms with Crippen LogP contribution in [-0.2, 0) is 22.5 Å². The molecular formula is C28H28N2O7. The number of hydrogen-bond donors (Lipinski definition) is 0. The number of hydrogen-bond acceptors (Lipinski definition) is 8. The molecule has 9 heteroatoms. The van der Waals surface area contributed by atoms with E-state index in [1.807, 2.05) is 24.3 Å². The van der Waals surface area contributed by atoms with Crippen LogP contribution in [0.1, 0.15) is 11.4 Å². The molecule has 0 aliphatic heterocycles. The van der Waals surface area contributed by atoms with Crippen molar-refractivity contribution >= 4 is 16.9 Å². The smallest absolute Gasteiger partial charge is 0.344 e. The Bertz CT molecular complexity index is 1450. The SMILES string of the molecule is COc1cccc(OCC(=O)OCCn2c(Cc3ccc(OC)c(OC)c3)nc3ccccc3c2=O)c1. The molecular weight excluding hydrogens is 476 g/mol. The monoisotopic (exact) mass is 504 g/mol. The van der Waals surface area contributed by atoms with Crippen LogP contribution in [-0.4, -0.2) is 50.1 Å². The second-order valence-corrected chi connectivity index (χ2v) is 8.06. The number of para-hydroxylation sites is 1. The van der Waals surface area contributed by atoms with E-state index in [9.17, 15) is 9.59 Å². The maximum absolute atomic E-state index is 13.3. The van der Waals surface area contributed by atoms with Crippen molar-refractivity contribution in [3.8, 4) is 23.0 Å². The lowest BCUT2D eigenvalue weighted by Crippen LogP contribution is -2.28. The second-order valence-electron chi connectivity index (χ2n) is 8.06. The van der Waals surface area contributed by atoms with Gasteiger partial charge in [0.2, 0.25) is 0 Å². The predicted octanol–water partition coefficient (Wildman–Crippen LogP) is 3.64. The summed E-state index contributed by atoms with van der Waals surface area (Å²) in [5, 5.41) is 0.492. The summed E-state index contributed by atoms with van der Waals surface area (Å²) in [5.41, 5.74) is 1.28. The molecule has 1 aromatic heterocycles. The van der Waals surface area contributed by atoms with Crippen LogP contribution in [0.25, 0.3) is 10.9 Å². The number of esters is 1. The number of fused-ring (bicyclic) bond motifs is 1. The van der Waals surface area contributed by atoms with Crippen LogP contribution in [0.5, 0.6) is 23.0 Å². The highest BCUT2D eigenvalue weighted by Gasteiger charge is 2.14. The molecule has 0 spiro atoms. The number of carbonyl (C=O) groups excluding carboxylic acids is 1. The Morgan fingerprint density at radius 1 is 0.865 bits per heavy atom. The summed E-state index contributed by atoms with van der Waals surface area (Å²) in [6.07, 6.45) is 0.368.